The topological polar surface area (TPSA) is 61.4 Å². The standard InChI is InChI=1S/C17H21N3O2/c21-16-4-3-15(17(22)19-16)20-9-13-6-11-2-1-5-18-8-12(11)7-14(13)10-20/h6-7,15,18H,1-5,8-10H2,(H,19,21,22). The van der Waals surface area contributed by atoms with Gasteiger partial charge in [-0.15, -0.1) is 0 Å². The molecule has 0 aliphatic carbocycles. The normalized spacial score (nSPS) is 25.4. The molecule has 22 heavy (non-hydrogen) atoms. The van der Waals surface area contributed by atoms with Crippen LogP contribution in [0.25, 0.3) is 0 Å². The SMILES string of the molecule is O=C1CCC(N2Cc3cc4c(cc3C2)CNCCC4)C(=O)N1. The second-order valence-electron chi connectivity index (χ2n) is 6.54. The van der Waals surface area contributed by atoms with Gasteiger partial charge in [-0.05, 0) is 48.1 Å². The Kier molecular flexibility index (Phi) is 3.47. The fraction of sp³-hybridized carbons (Fsp3) is 0.529. The van der Waals surface area contributed by atoms with E-state index in [1.165, 1.54) is 28.7 Å². The Labute approximate surface area is 130 Å². The number of piperidine rings is 1. The maximum Gasteiger partial charge on any atom is 0.243 e. The lowest BCUT2D eigenvalue weighted by Gasteiger charge is -2.29. The molecule has 1 unspecified atom stereocenters. The summed E-state index contributed by atoms with van der Waals surface area (Å²) < 4.78 is 0. The number of imide groups is 1. The minimum absolute atomic E-state index is 0.132. The number of aryl methyl sites for hydroxylation is 1. The van der Waals surface area contributed by atoms with Crippen molar-refractivity contribution < 1.29 is 9.59 Å². The summed E-state index contributed by atoms with van der Waals surface area (Å²) in [6.07, 6.45) is 3.40. The van der Waals surface area contributed by atoms with Crippen molar-refractivity contribution in [2.24, 2.45) is 0 Å². The van der Waals surface area contributed by atoms with Crippen LogP contribution in [-0.2, 0) is 35.6 Å². The van der Waals surface area contributed by atoms with E-state index in [4.69, 9.17) is 0 Å². The van der Waals surface area contributed by atoms with Gasteiger partial charge in [0.2, 0.25) is 11.8 Å². The van der Waals surface area contributed by atoms with E-state index in [1.807, 2.05) is 0 Å². The number of amides is 2. The molecule has 5 heteroatoms. The highest BCUT2D eigenvalue weighted by Gasteiger charge is 2.35. The Balaban J connectivity index is 1.56. The molecule has 0 spiro atoms. The van der Waals surface area contributed by atoms with Gasteiger partial charge < -0.3 is 5.32 Å². The molecule has 4 rings (SSSR count). The van der Waals surface area contributed by atoms with Crippen LogP contribution in [0.15, 0.2) is 12.1 Å². The van der Waals surface area contributed by atoms with Crippen LogP contribution in [0.1, 0.15) is 41.5 Å². The molecule has 0 radical (unpaired) electrons. The number of carbonyl (C=O) groups is 2. The van der Waals surface area contributed by atoms with Gasteiger partial charge in [-0.1, -0.05) is 12.1 Å². The molecule has 5 nitrogen and oxygen atoms in total. The highest BCUT2D eigenvalue weighted by atomic mass is 16.2. The summed E-state index contributed by atoms with van der Waals surface area (Å²) in [5.41, 5.74) is 5.55. The Morgan fingerprint density at radius 3 is 2.55 bits per heavy atom. The van der Waals surface area contributed by atoms with Gasteiger partial charge in [0.15, 0.2) is 0 Å². The first kappa shape index (κ1) is 13.9. The van der Waals surface area contributed by atoms with Gasteiger partial charge >= 0.3 is 0 Å². The van der Waals surface area contributed by atoms with Gasteiger partial charge in [-0.25, -0.2) is 0 Å². The average molecular weight is 299 g/mol. The van der Waals surface area contributed by atoms with Gasteiger partial charge in [0, 0.05) is 26.1 Å². The molecule has 3 aliphatic rings. The Bertz CT molecular complexity index is 606. The van der Waals surface area contributed by atoms with Crippen molar-refractivity contribution in [1.29, 1.82) is 0 Å². The molecule has 3 aliphatic heterocycles. The van der Waals surface area contributed by atoms with Gasteiger partial charge in [0.25, 0.3) is 0 Å². The summed E-state index contributed by atoms with van der Waals surface area (Å²) in [6.45, 7) is 3.67. The number of carbonyl (C=O) groups excluding carboxylic acids is 2. The number of benzene rings is 1. The van der Waals surface area contributed by atoms with E-state index in [9.17, 15) is 9.59 Å². The molecular weight excluding hydrogens is 278 g/mol. The lowest BCUT2D eigenvalue weighted by molar-refractivity contribution is -0.137. The van der Waals surface area contributed by atoms with Crippen LogP contribution in [0.4, 0.5) is 0 Å². The third-order valence-corrected chi connectivity index (χ3v) is 5.03. The fourth-order valence-electron chi connectivity index (χ4n) is 3.85. The van der Waals surface area contributed by atoms with Crippen LogP contribution in [0.3, 0.4) is 0 Å². The van der Waals surface area contributed by atoms with Crippen molar-refractivity contribution in [2.75, 3.05) is 6.54 Å². The van der Waals surface area contributed by atoms with Crippen LogP contribution in [0, 0.1) is 0 Å². The maximum absolute atomic E-state index is 12.1. The van der Waals surface area contributed by atoms with Crippen molar-refractivity contribution in [1.82, 2.24) is 15.5 Å². The van der Waals surface area contributed by atoms with E-state index in [-0.39, 0.29) is 17.9 Å². The number of fused-ring (bicyclic) bond motifs is 2. The molecule has 0 bridgehead atoms. The molecule has 2 N–H and O–H groups in total. The number of hydrogen-bond acceptors (Lipinski definition) is 4. The number of nitrogens with one attached hydrogen (secondary N) is 2. The van der Waals surface area contributed by atoms with Crippen LogP contribution in [-0.4, -0.2) is 29.3 Å². The second kappa shape index (κ2) is 5.48. The minimum atomic E-state index is -0.164. The van der Waals surface area contributed by atoms with Gasteiger partial charge in [-0.3, -0.25) is 19.8 Å². The van der Waals surface area contributed by atoms with Crippen molar-refractivity contribution >= 4 is 11.8 Å². The van der Waals surface area contributed by atoms with Crippen molar-refractivity contribution in [3.05, 3.63) is 34.4 Å². The predicted octanol–water partition coefficient (Wildman–Crippen LogP) is 0.843. The van der Waals surface area contributed by atoms with Gasteiger partial charge in [-0.2, -0.15) is 0 Å². The first-order valence-electron chi connectivity index (χ1n) is 8.13. The van der Waals surface area contributed by atoms with Crippen molar-refractivity contribution in [2.45, 2.75) is 51.4 Å². The molecular formula is C17H21N3O2. The van der Waals surface area contributed by atoms with Crippen LogP contribution >= 0.6 is 0 Å². The molecule has 1 aromatic rings. The predicted molar refractivity (Wildman–Crippen MR) is 81.9 cm³/mol. The lowest BCUT2D eigenvalue weighted by atomic mass is 9.98. The highest BCUT2D eigenvalue weighted by molar-refractivity contribution is 6.00. The molecule has 0 aromatic heterocycles. The molecule has 1 aromatic carbocycles. The molecule has 116 valence electrons. The second-order valence-corrected chi connectivity index (χ2v) is 6.54. The van der Waals surface area contributed by atoms with E-state index in [2.05, 4.69) is 27.7 Å². The fourth-order valence-corrected chi connectivity index (χ4v) is 3.85. The summed E-state index contributed by atoms with van der Waals surface area (Å²) in [7, 11) is 0. The largest absolute Gasteiger partial charge is 0.313 e. The van der Waals surface area contributed by atoms with E-state index in [0.29, 0.717) is 12.8 Å². The molecule has 3 heterocycles. The van der Waals surface area contributed by atoms with Crippen LogP contribution < -0.4 is 10.6 Å². The number of nitrogens with zero attached hydrogens (tertiary/aromatic N) is 1. The summed E-state index contributed by atoms with van der Waals surface area (Å²) in [4.78, 5) is 25.6. The quantitative estimate of drug-likeness (QED) is 0.755. The van der Waals surface area contributed by atoms with Crippen LogP contribution in [0.2, 0.25) is 0 Å². The zero-order chi connectivity index (χ0) is 15.1. The lowest BCUT2D eigenvalue weighted by Crippen LogP contribution is -2.50. The first-order valence-corrected chi connectivity index (χ1v) is 8.13. The van der Waals surface area contributed by atoms with E-state index >= 15 is 0 Å². The van der Waals surface area contributed by atoms with Crippen LogP contribution in [0.5, 0.6) is 0 Å². The zero-order valence-electron chi connectivity index (χ0n) is 12.7. The zero-order valence-corrected chi connectivity index (χ0v) is 12.7. The summed E-state index contributed by atoms with van der Waals surface area (Å²) in [5.74, 6) is -0.275. The van der Waals surface area contributed by atoms with Gasteiger partial charge in [0.1, 0.15) is 0 Å². The maximum atomic E-state index is 12.1. The molecule has 1 fully saturated rings. The summed E-state index contributed by atoms with van der Waals surface area (Å²) in [5, 5.41) is 5.93. The van der Waals surface area contributed by atoms with E-state index < -0.39 is 0 Å². The smallest absolute Gasteiger partial charge is 0.243 e. The first-order chi connectivity index (χ1) is 10.7. The Hall–Kier alpha value is -1.72. The van der Waals surface area contributed by atoms with E-state index in [0.717, 1.165) is 32.6 Å². The van der Waals surface area contributed by atoms with Crippen molar-refractivity contribution in [3.63, 3.8) is 0 Å². The molecule has 1 atom stereocenters. The number of rotatable bonds is 1. The summed E-state index contributed by atoms with van der Waals surface area (Å²) in [6, 6.07) is 4.49. The third kappa shape index (κ3) is 2.44. The average Bonchev–Trinajstić information content (AvgIpc) is 2.74. The minimum Gasteiger partial charge on any atom is -0.313 e. The Morgan fingerprint density at radius 2 is 1.77 bits per heavy atom. The number of hydrogen-bond donors (Lipinski definition) is 2. The molecule has 0 saturated carbocycles. The monoisotopic (exact) mass is 299 g/mol. The van der Waals surface area contributed by atoms with E-state index in [1.54, 1.807) is 0 Å². The van der Waals surface area contributed by atoms with Gasteiger partial charge in [0.05, 0.1) is 6.04 Å². The Morgan fingerprint density at radius 1 is 1.00 bits per heavy atom. The van der Waals surface area contributed by atoms with Crippen molar-refractivity contribution in [3.8, 4) is 0 Å². The third-order valence-electron chi connectivity index (χ3n) is 5.03. The summed E-state index contributed by atoms with van der Waals surface area (Å²) >= 11 is 0. The molecule has 1 saturated heterocycles. The molecule has 2 amide bonds. The highest BCUT2D eigenvalue weighted by Crippen LogP contribution is 2.30.